The predicted molar refractivity (Wildman–Crippen MR) is 101 cm³/mol. The zero-order valence-corrected chi connectivity index (χ0v) is 15.3. The first kappa shape index (κ1) is 17.3. The molecule has 138 valence electrons. The summed E-state index contributed by atoms with van der Waals surface area (Å²) in [6.07, 6.45) is 4.75. The van der Waals surface area contributed by atoms with E-state index in [1.165, 1.54) is 29.7 Å². The fraction of sp³-hybridized carbons (Fsp3) is 0.455. The molecule has 3 nitrogen and oxygen atoms in total. The Bertz CT molecular complexity index is 746. The molecule has 1 aliphatic carbocycles. The maximum Gasteiger partial charge on any atom is 0.123 e. The molecule has 0 radical (unpaired) electrons. The van der Waals surface area contributed by atoms with Crippen LogP contribution < -0.4 is 9.47 Å². The summed E-state index contributed by atoms with van der Waals surface area (Å²) in [5.41, 5.74) is 2.91. The summed E-state index contributed by atoms with van der Waals surface area (Å²) in [5, 5.41) is 0. The highest BCUT2D eigenvalue weighted by Gasteiger charge is 2.28. The Morgan fingerprint density at radius 2 is 1.88 bits per heavy atom. The summed E-state index contributed by atoms with van der Waals surface area (Å²) in [4.78, 5) is 2.52. The van der Waals surface area contributed by atoms with Crippen molar-refractivity contribution < 1.29 is 13.9 Å². The lowest BCUT2D eigenvalue weighted by atomic mass is 9.98. The van der Waals surface area contributed by atoms with Crippen molar-refractivity contribution in [3.63, 3.8) is 0 Å². The van der Waals surface area contributed by atoms with Gasteiger partial charge < -0.3 is 9.47 Å². The van der Waals surface area contributed by atoms with E-state index in [9.17, 15) is 4.39 Å². The molecule has 26 heavy (non-hydrogen) atoms. The van der Waals surface area contributed by atoms with Gasteiger partial charge in [-0.05, 0) is 85.7 Å². The number of ether oxygens (including phenoxy) is 2. The third kappa shape index (κ3) is 3.85. The van der Waals surface area contributed by atoms with Crippen LogP contribution in [0.3, 0.4) is 0 Å². The van der Waals surface area contributed by atoms with Crippen LogP contribution in [0.5, 0.6) is 11.5 Å². The Labute approximate surface area is 154 Å². The van der Waals surface area contributed by atoms with E-state index >= 15 is 0 Å². The molecule has 4 heteroatoms. The van der Waals surface area contributed by atoms with Crippen molar-refractivity contribution in [2.24, 2.45) is 0 Å². The standard InChI is InChI=1S/C22H26FNO2/c1-25-20-9-6-16-4-5-17(22(16)13-20)14-24-12-2-3-21(15-24)26-19-10-7-18(23)8-11-19/h6-11,13,17,21H,2-5,12,14-15H2,1H3/t17?,21-/m1/s1. The van der Waals surface area contributed by atoms with Crippen LogP contribution in [0, 0.1) is 5.82 Å². The number of rotatable bonds is 5. The molecular weight excluding hydrogens is 329 g/mol. The Morgan fingerprint density at radius 1 is 1.08 bits per heavy atom. The van der Waals surface area contributed by atoms with E-state index in [-0.39, 0.29) is 11.9 Å². The average molecular weight is 355 g/mol. The molecule has 1 saturated heterocycles. The highest BCUT2D eigenvalue weighted by atomic mass is 19.1. The van der Waals surface area contributed by atoms with E-state index in [0.29, 0.717) is 5.92 Å². The number of hydrogen-bond donors (Lipinski definition) is 0. The van der Waals surface area contributed by atoms with Crippen LogP contribution in [0.2, 0.25) is 0 Å². The van der Waals surface area contributed by atoms with Crippen LogP contribution in [0.15, 0.2) is 42.5 Å². The van der Waals surface area contributed by atoms with Crippen molar-refractivity contribution in [2.45, 2.75) is 37.7 Å². The molecule has 1 unspecified atom stereocenters. The second-order valence-electron chi connectivity index (χ2n) is 7.40. The van der Waals surface area contributed by atoms with Crippen molar-refractivity contribution in [2.75, 3.05) is 26.7 Å². The zero-order valence-electron chi connectivity index (χ0n) is 15.3. The van der Waals surface area contributed by atoms with Gasteiger partial charge in [0.05, 0.1) is 7.11 Å². The Balaban J connectivity index is 1.38. The molecule has 1 aliphatic heterocycles. The van der Waals surface area contributed by atoms with Gasteiger partial charge in [0.2, 0.25) is 0 Å². The summed E-state index contributed by atoms with van der Waals surface area (Å²) in [6, 6.07) is 12.8. The van der Waals surface area contributed by atoms with E-state index < -0.39 is 0 Å². The number of benzene rings is 2. The lowest BCUT2D eigenvalue weighted by Crippen LogP contribution is -2.42. The van der Waals surface area contributed by atoms with E-state index in [1.54, 1.807) is 19.2 Å². The van der Waals surface area contributed by atoms with Gasteiger partial charge in [0.25, 0.3) is 0 Å². The highest BCUT2D eigenvalue weighted by Crippen LogP contribution is 2.36. The van der Waals surface area contributed by atoms with Crippen molar-refractivity contribution in [1.82, 2.24) is 4.90 Å². The van der Waals surface area contributed by atoms with Crippen LogP contribution in [-0.2, 0) is 6.42 Å². The molecule has 1 heterocycles. The molecule has 0 N–H and O–H groups in total. The van der Waals surface area contributed by atoms with Gasteiger partial charge in [0.15, 0.2) is 0 Å². The fourth-order valence-corrected chi connectivity index (χ4v) is 4.27. The number of fused-ring (bicyclic) bond motifs is 1. The molecule has 0 bridgehead atoms. The minimum Gasteiger partial charge on any atom is -0.497 e. The van der Waals surface area contributed by atoms with E-state index in [4.69, 9.17) is 9.47 Å². The van der Waals surface area contributed by atoms with Crippen LogP contribution in [-0.4, -0.2) is 37.7 Å². The Kier molecular flexibility index (Phi) is 5.11. The summed E-state index contributed by atoms with van der Waals surface area (Å²) in [6.45, 7) is 3.13. The van der Waals surface area contributed by atoms with Gasteiger partial charge in [-0.1, -0.05) is 6.07 Å². The Hall–Kier alpha value is -2.07. The Morgan fingerprint density at radius 3 is 2.69 bits per heavy atom. The first-order valence-electron chi connectivity index (χ1n) is 9.52. The van der Waals surface area contributed by atoms with Crippen LogP contribution in [0.4, 0.5) is 4.39 Å². The lowest BCUT2D eigenvalue weighted by Gasteiger charge is -2.34. The number of piperidine rings is 1. The van der Waals surface area contributed by atoms with Gasteiger partial charge in [-0.2, -0.15) is 0 Å². The minimum absolute atomic E-state index is 0.181. The summed E-state index contributed by atoms with van der Waals surface area (Å²) in [5.74, 6) is 2.06. The minimum atomic E-state index is -0.224. The smallest absolute Gasteiger partial charge is 0.123 e. The molecule has 2 aliphatic rings. The van der Waals surface area contributed by atoms with E-state index in [1.807, 2.05) is 0 Å². The third-order valence-corrected chi connectivity index (χ3v) is 5.61. The number of methoxy groups -OCH3 is 1. The average Bonchev–Trinajstić information content (AvgIpc) is 3.06. The molecule has 0 saturated carbocycles. The zero-order chi connectivity index (χ0) is 17.9. The van der Waals surface area contributed by atoms with Gasteiger partial charge in [-0.3, -0.25) is 4.90 Å². The van der Waals surface area contributed by atoms with Crippen LogP contribution in [0.25, 0.3) is 0 Å². The second-order valence-corrected chi connectivity index (χ2v) is 7.40. The molecule has 0 spiro atoms. The third-order valence-electron chi connectivity index (χ3n) is 5.61. The fourth-order valence-electron chi connectivity index (χ4n) is 4.27. The monoisotopic (exact) mass is 355 g/mol. The van der Waals surface area contributed by atoms with Gasteiger partial charge in [0, 0.05) is 13.1 Å². The maximum absolute atomic E-state index is 13.1. The molecule has 1 fully saturated rings. The summed E-state index contributed by atoms with van der Waals surface area (Å²) >= 11 is 0. The quantitative estimate of drug-likeness (QED) is 0.793. The SMILES string of the molecule is COc1ccc2c(c1)C(CN1CCC[C@@H](Oc3ccc(F)cc3)C1)CC2. The first-order chi connectivity index (χ1) is 12.7. The number of hydrogen-bond acceptors (Lipinski definition) is 3. The largest absolute Gasteiger partial charge is 0.497 e. The van der Waals surface area contributed by atoms with Gasteiger partial charge in [0.1, 0.15) is 23.4 Å². The van der Waals surface area contributed by atoms with Crippen molar-refractivity contribution in [1.29, 1.82) is 0 Å². The van der Waals surface area contributed by atoms with Gasteiger partial charge >= 0.3 is 0 Å². The van der Waals surface area contributed by atoms with Crippen LogP contribution >= 0.6 is 0 Å². The van der Waals surface area contributed by atoms with Gasteiger partial charge in [-0.25, -0.2) is 4.39 Å². The first-order valence-corrected chi connectivity index (χ1v) is 9.52. The molecule has 4 rings (SSSR count). The van der Waals surface area contributed by atoms with E-state index in [0.717, 1.165) is 50.4 Å². The molecular formula is C22H26FNO2. The summed E-state index contributed by atoms with van der Waals surface area (Å²) in [7, 11) is 1.73. The number of halogens is 1. The molecule has 2 atom stereocenters. The van der Waals surface area contributed by atoms with Crippen molar-refractivity contribution in [3.8, 4) is 11.5 Å². The number of aryl methyl sites for hydroxylation is 1. The molecule has 2 aromatic rings. The van der Waals surface area contributed by atoms with Crippen LogP contribution in [0.1, 0.15) is 36.3 Å². The summed E-state index contributed by atoms with van der Waals surface area (Å²) < 4.78 is 24.5. The number of likely N-dealkylation sites (tertiary alicyclic amines) is 1. The predicted octanol–water partition coefficient (Wildman–Crippen LogP) is 4.41. The van der Waals surface area contributed by atoms with Gasteiger partial charge in [-0.15, -0.1) is 0 Å². The molecule has 0 amide bonds. The maximum atomic E-state index is 13.1. The van der Waals surface area contributed by atoms with Crippen molar-refractivity contribution >= 4 is 0 Å². The van der Waals surface area contributed by atoms with E-state index in [2.05, 4.69) is 23.1 Å². The van der Waals surface area contributed by atoms with Crippen molar-refractivity contribution in [3.05, 3.63) is 59.4 Å². The molecule has 0 aromatic heterocycles. The lowest BCUT2D eigenvalue weighted by molar-refractivity contribution is 0.0845. The highest BCUT2D eigenvalue weighted by molar-refractivity contribution is 5.41. The second kappa shape index (κ2) is 7.67. The normalized spacial score (nSPS) is 22.8. The number of nitrogens with zero attached hydrogens (tertiary/aromatic N) is 1. The molecule has 2 aromatic carbocycles. The topological polar surface area (TPSA) is 21.7 Å².